The van der Waals surface area contributed by atoms with Crippen LogP contribution in [-0.4, -0.2) is 29.9 Å². The number of nitrogens with two attached hydrogens (primary N) is 1. The summed E-state index contributed by atoms with van der Waals surface area (Å²) < 4.78 is 5.29. The van der Waals surface area contributed by atoms with Gasteiger partial charge in [-0.3, -0.25) is 9.78 Å². The number of rotatable bonds is 5. The van der Waals surface area contributed by atoms with E-state index in [1.54, 1.807) is 37.4 Å². The van der Waals surface area contributed by atoms with Gasteiger partial charge >= 0.3 is 0 Å². The molecule has 0 saturated heterocycles. The van der Waals surface area contributed by atoms with E-state index in [4.69, 9.17) is 10.5 Å². The maximum Gasteiger partial charge on any atom is 0.228 e. The Balaban J connectivity index is 0.00000242. The van der Waals surface area contributed by atoms with Crippen LogP contribution in [0.2, 0.25) is 0 Å². The van der Waals surface area contributed by atoms with Crippen molar-refractivity contribution >= 4 is 24.0 Å². The highest BCUT2D eigenvalue weighted by molar-refractivity contribution is 5.85. The lowest BCUT2D eigenvalue weighted by Gasteiger charge is -2.18. The van der Waals surface area contributed by atoms with Crippen LogP contribution in [0, 0.1) is 0 Å². The number of pyridine rings is 1. The fourth-order valence-electron chi connectivity index (χ4n) is 2.01. The summed E-state index contributed by atoms with van der Waals surface area (Å²) in [6.45, 7) is 0.498. The van der Waals surface area contributed by atoms with Gasteiger partial charge in [0.05, 0.1) is 25.4 Å². The van der Waals surface area contributed by atoms with E-state index in [1.807, 2.05) is 24.3 Å². The molecule has 6 heteroatoms. The number of amides is 1. The Hall–Kier alpha value is -2.27. The summed E-state index contributed by atoms with van der Waals surface area (Å²) in [6.07, 6.45) is 1.81. The van der Waals surface area contributed by atoms with E-state index < -0.39 is 0 Å². The van der Waals surface area contributed by atoms with E-state index >= 15 is 0 Å². The number of likely N-dealkylation sites (N-methyl/N-ethyl adjacent to an activating group) is 1. The largest absolute Gasteiger partial charge is 0.496 e. The van der Waals surface area contributed by atoms with E-state index in [9.17, 15) is 4.79 Å². The Kier molecular flexibility index (Phi) is 6.66. The fraction of sp³-hybridized carbons (Fsp3) is 0.250. The Morgan fingerprint density at radius 1 is 1.27 bits per heavy atom. The number of nitrogen functional groups attached to an aromatic ring is 1. The molecule has 2 rings (SSSR count). The number of anilines is 1. The molecule has 0 atom stereocenters. The molecule has 0 aliphatic carbocycles. The number of aromatic nitrogens is 1. The van der Waals surface area contributed by atoms with Crippen LogP contribution in [0.1, 0.15) is 11.3 Å². The van der Waals surface area contributed by atoms with E-state index in [2.05, 4.69) is 4.98 Å². The van der Waals surface area contributed by atoms with Crippen molar-refractivity contribution in [1.82, 2.24) is 9.88 Å². The molecule has 2 N–H and O–H groups in total. The standard InChI is InChI=1S/C16H19N3O2.ClH/c1-19(11-12-5-3-4-6-15(12)21-2)16(20)9-14-8-7-13(17)10-18-14;/h3-8,10H,9,11,17H2,1-2H3;1H. The summed E-state index contributed by atoms with van der Waals surface area (Å²) in [5, 5.41) is 0. The van der Waals surface area contributed by atoms with Crippen LogP contribution in [0.3, 0.4) is 0 Å². The molecule has 118 valence electrons. The molecular weight excluding hydrogens is 302 g/mol. The van der Waals surface area contributed by atoms with Gasteiger partial charge in [0.25, 0.3) is 0 Å². The van der Waals surface area contributed by atoms with Crippen LogP contribution in [0.25, 0.3) is 0 Å². The number of halogens is 1. The average Bonchev–Trinajstić information content (AvgIpc) is 2.50. The summed E-state index contributed by atoms with van der Waals surface area (Å²) in [4.78, 5) is 18.0. The van der Waals surface area contributed by atoms with Crippen molar-refractivity contribution < 1.29 is 9.53 Å². The van der Waals surface area contributed by atoms with Crippen molar-refractivity contribution in [3.8, 4) is 5.75 Å². The van der Waals surface area contributed by atoms with Gasteiger partial charge in [-0.15, -0.1) is 12.4 Å². The number of methoxy groups -OCH3 is 1. The molecule has 1 aromatic heterocycles. The van der Waals surface area contributed by atoms with Crippen molar-refractivity contribution in [1.29, 1.82) is 0 Å². The second-order valence-corrected chi connectivity index (χ2v) is 4.82. The van der Waals surface area contributed by atoms with Gasteiger partial charge in [0, 0.05) is 24.8 Å². The highest BCUT2D eigenvalue weighted by Gasteiger charge is 2.13. The molecule has 0 radical (unpaired) electrons. The number of ether oxygens (including phenoxy) is 1. The van der Waals surface area contributed by atoms with Crippen LogP contribution in [-0.2, 0) is 17.8 Å². The molecule has 1 heterocycles. The molecule has 22 heavy (non-hydrogen) atoms. The van der Waals surface area contributed by atoms with Crippen molar-refractivity contribution in [2.24, 2.45) is 0 Å². The first kappa shape index (κ1) is 17.8. The normalized spacial score (nSPS) is 9.73. The maximum absolute atomic E-state index is 12.2. The summed E-state index contributed by atoms with van der Waals surface area (Å²) in [6, 6.07) is 11.2. The monoisotopic (exact) mass is 321 g/mol. The van der Waals surface area contributed by atoms with Gasteiger partial charge in [0.2, 0.25) is 5.91 Å². The molecule has 0 unspecified atom stereocenters. The van der Waals surface area contributed by atoms with Gasteiger partial charge in [-0.2, -0.15) is 0 Å². The molecule has 0 aliphatic rings. The third-order valence-electron chi connectivity index (χ3n) is 3.21. The van der Waals surface area contributed by atoms with Crippen LogP contribution in [0.15, 0.2) is 42.6 Å². The topological polar surface area (TPSA) is 68.5 Å². The summed E-state index contributed by atoms with van der Waals surface area (Å²) in [5.41, 5.74) is 7.85. The average molecular weight is 322 g/mol. The first-order valence-electron chi connectivity index (χ1n) is 6.66. The maximum atomic E-state index is 12.2. The first-order chi connectivity index (χ1) is 10.1. The van der Waals surface area contributed by atoms with E-state index in [-0.39, 0.29) is 24.7 Å². The second-order valence-electron chi connectivity index (χ2n) is 4.82. The van der Waals surface area contributed by atoms with Gasteiger partial charge in [-0.25, -0.2) is 0 Å². The highest BCUT2D eigenvalue weighted by Crippen LogP contribution is 2.19. The smallest absolute Gasteiger partial charge is 0.228 e. The van der Waals surface area contributed by atoms with E-state index in [0.29, 0.717) is 17.9 Å². The Labute approximate surface area is 136 Å². The van der Waals surface area contributed by atoms with Crippen molar-refractivity contribution in [3.63, 3.8) is 0 Å². The zero-order chi connectivity index (χ0) is 15.2. The lowest BCUT2D eigenvalue weighted by molar-refractivity contribution is -0.129. The van der Waals surface area contributed by atoms with Crippen LogP contribution >= 0.6 is 12.4 Å². The van der Waals surface area contributed by atoms with Crippen LogP contribution in [0.5, 0.6) is 5.75 Å². The molecular formula is C16H20ClN3O2. The van der Waals surface area contributed by atoms with Crippen LogP contribution < -0.4 is 10.5 Å². The molecule has 0 fully saturated rings. The lowest BCUT2D eigenvalue weighted by atomic mass is 10.1. The summed E-state index contributed by atoms with van der Waals surface area (Å²) in [5.74, 6) is 0.779. The molecule has 0 bridgehead atoms. The number of carbonyl (C=O) groups is 1. The first-order valence-corrected chi connectivity index (χ1v) is 6.66. The minimum atomic E-state index is -0.00169. The molecule has 0 saturated carbocycles. The van der Waals surface area contributed by atoms with Gasteiger partial charge in [-0.1, -0.05) is 18.2 Å². The van der Waals surface area contributed by atoms with Gasteiger partial charge in [0.15, 0.2) is 0 Å². The SMILES string of the molecule is COc1ccccc1CN(C)C(=O)Cc1ccc(N)cn1.Cl. The van der Waals surface area contributed by atoms with Gasteiger partial charge in [0.1, 0.15) is 5.75 Å². The molecule has 0 spiro atoms. The van der Waals surface area contributed by atoms with Gasteiger partial charge in [-0.05, 0) is 18.2 Å². The molecule has 0 aliphatic heterocycles. The molecule has 5 nitrogen and oxygen atoms in total. The highest BCUT2D eigenvalue weighted by atomic mass is 35.5. The zero-order valence-corrected chi connectivity index (χ0v) is 13.5. The number of carbonyl (C=O) groups excluding carboxylic acids is 1. The zero-order valence-electron chi connectivity index (χ0n) is 12.7. The van der Waals surface area contributed by atoms with E-state index in [1.165, 1.54) is 0 Å². The number of benzene rings is 1. The minimum Gasteiger partial charge on any atom is -0.496 e. The number of para-hydroxylation sites is 1. The quantitative estimate of drug-likeness (QED) is 0.917. The van der Waals surface area contributed by atoms with E-state index in [0.717, 1.165) is 11.3 Å². The van der Waals surface area contributed by atoms with Crippen molar-refractivity contribution in [2.75, 3.05) is 19.9 Å². The van der Waals surface area contributed by atoms with Gasteiger partial charge < -0.3 is 15.4 Å². The molecule has 2 aromatic rings. The minimum absolute atomic E-state index is 0. The van der Waals surface area contributed by atoms with Crippen LogP contribution in [0.4, 0.5) is 5.69 Å². The number of hydrogen-bond acceptors (Lipinski definition) is 4. The number of hydrogen-bond donors (Lipinski definition) is 1. The Morgan fingerprint density at radius 2 is 2.00 bits per heavy atom. The van der Waals surface area contributed by atoms with Crippen molar-refractivity contribution in [2.45, 2.75) is 13.0 Å². The summed E-state index contributed by atoms with van der Waals surface area (Å²) in [7, 11) is 3.39. The Morgan fingerprint density at radius 3 is 2.64 bits per heavy atom. The summed E-state index contributed by atoms with van der Waals surface area (Å²) >= 11 is 0. The lowest BCUT2D eigenvalue weighted by Crippen LogP contribution is -2.28. The van der Waals surface area contributed by atoms with Crippen molar-refractivity contribution in [3.05, 3.63) is 53.9 Å². The molecule has 1 amide bonds. The predicted molar refractivity (Wildman–Crippen MR) is 89.1 cm³/mol. The number of nitrogens with zero attached hydrogens (tertiary/aromatic N) is 2. The fourth-order valence-corrected chi connectivity index (χ4v) is 2.01. The second kappa shape index (κ2) is 8.24. The molecule has 1 aromatic carbocycles. The third kappa shape index (κ3) is 4.63. The third-order valence-corrected chi connectivity index (χ3v) is 3.21. The Bertz CT molecular complexity index is 617. The predicted octanol–water partition coefficient (Wildman–Crippen LogP) is 2.30.